The van der Waals surface area contributed by atoms with E-state index in [2.05, 4.69) is 174 Å². The molecule has 0 spiro atoms. The van der Waals surface area contributed by atoms with Gasteiger partial charge in [-0.3, -0.25) is 4.98 Å². The summed E-state index contributed by atoms with van der Waals surface area (Å²) in [6, 6.07) is 59.9. The summed E-state index contributed by atoms with van der Waals surface area (Å²) in [6.45, 7) is 0.766. The van der Waals surface area contributed by atoms with E-state index in [0.29, 0.717) is 5.82 Å². The van der Waals surface area contributed by atoms with Gasteiger partial charge in [0, 0.05) is 46.9 Å². The summed E-state index contributed by atoms with van der Waals surface area (Å²) in [5.74, 6) is 0.683. The molecule has 1 aliphatic heterocycles. The molecule has 2 aromatic heterocycles. The SMILES string of the molecule is C1=C(c2c3ccccc3c(-c3cccc(-c4nc(-c5ccccc5)cc(-c5cccc(-c6cccnc6)c5)n4)c3)c3ccccc23)CNc2ccccc21. The molecule has 10 rings (SSSR count). The van der Waals surface area contributed by atoms with Gasteiger partial charge in [0.15, 0.2) is 5.82 Å². The van der Waals surface area contributed by atoms with E-state index >= 15 is 0 Å². The average Bonchev–Trinajstić information content (AvgIpc) is 3.26. The molecule has 0 amide bonds. The molecule has 0 saturated carbocycles. The molecule has 54 heavy (non-hydrogen) atoms. The molecule has 1 N–H and O–H groups in total. The van der Waals surface area contributed by atoms with Crippen molar-refractivity contribution in [3.63, 3.8) is 0 Å². The number of hydrogen-bond donors (Lipinski definition) is 1. The Bertz CT molecular complexity index is 2820. The average molecular weight is 691 g/mol. The van der Waals surface area contributed by atoms with Crippen LogP contribution >= 0.6 is 0 Å². The number of rotatable bonds is 6. The maximum atomic E-state index is 5.25. The molecule has 0 saturated heterocycles. The second-order valence-electron chi connectivity index (χ2n) is 13.7. The highest BCUT2D eigenvalue weighted by molar-refractivity contribution is 6.20. The number of nitrogens with zero attached hydrogens (tertiary/aromatic N) is 3. The largest absolute Gasteiger partial charge is 0.380 e. The van der Waals surface area contributed by atoms with Crippen LogP contribution in [0.3, 0.4) is 0 Å². The second-order valence-corrected chi connectivity index (χ2v) is 13.7. The number of pyridine rings is 1. The number of anilines is 1. The van der Waals surface area contributed by atoms with Gasteiger partial charge in [-0.15, -0.1) is 0 Å². The Morgan fingerprint density at radius 2 is 1.00 bits per heavy atom. The number of benzene rings is 7. The molecule has 4 nitrogen and oxygen atoms in total. The summed E-state index contributed by atoms with van der Waals surface area (Å²) >= 11 is 0. The molecular formula is C50H34N4. The van der Waals surface area contributed by atoms with Gasteiger partial charge in [0.05, 0.1) is 11.4 Å². The fourth-order valence-electron chi connectivity index (χ4n) is 7.85. The van der Waals surface area contributed by atoms with E-state index in [1.165, 1.54) is 49.5 Å². The molecule has 0 aliphatic carbocycles. The Balaban J connectivity index is 1.15. The topological polar surface area (TPSA) is 50.7 Å². The van der Waals surface area contributed by atoms with Gasteiger partial charge < -0.3 is 5.32 Å². The maximum Gasteiger partial charge on any atom is 0.160 e. The van der Waals surface area contributed by atoms with E-state index in [4.69, 9.17) is 9.97 Å². The van der Waals surface area contributed by atoms with Crippen LogP contribution in [0.1, 0.15) is 11.1 Å². The molecule has 0 radical (unpaired) electrons. The molecular weight excluding hydrogens is 657 g/mol. The summed E-state index contributed by atoms with van der Waals surface area (Å²) < 4.78 is 0. The van der Waals surface area contributed by atoms with Gasteiger partial charge in [0.25, 0.3) is 0 Å². The number of para-hydroxylation sites is 1. The molecule has 0 unspecified atom stereocenters. The summed E-state index contributed by atoms with van der Waals surface area (Å²) in [7, 11) is 0. The second kappa shape index (κ2) is 13.4. The molecule has 9 aromatic rings. The highest BCUT2D eigenvalue weighted by Crippen LogP contribution is 2.44. The van der Waals surface area contributed by atoms with Crippen LogP contribution in [-0.2, 0) is 0 Å². The van der Waals surface area contributed by atoms with E-state index in [1.807, 2.05) is 18.3 Å². The number of fused-ring (bicyclic) bond motifs is 3. The minimum Gasteiger partial charge on any atom is -0.380 e. The smallest absolute Gasteiger partial charge is 0.160 e. The monoisotopic (exact) mass is 690 g/mol. The van der Waals surface area contributed by atoms with Crippen molar-refractivity contribution in [1.82, 2.24) is 15.0 Å². The molecule has 1 aliphatic rings. The van der Waals surface area contributed by atoms with Gasteiger partial charge in [0.1, 0.15) is 0 Å². The summed E-state index contributed by atoms with van der Waals surface area (Å²) in [6.07, 6.45) is 6.05. The molecule has 254 valence electrons. The first kappa shape index (κ1) is 31.6. The van der Waals surface area contributed by atoms with Crippen LogP contribution in [0.25, 0.3) is 89.4 Å². The third-order valence-electron chi connectivity index (χ3n) is 10.4. The van der Waals surface area contributed by atoms with Crippen molar-refractivity contribution in [3.8, 4) is 56.2 Å². The third-order valence-corrected chi connectivity index (χ3v) is 10.4. The van der Waals surface area contributed by atoms with Crippen LogP contribution in [-0.4, -0.2) is 21.5 Å². The highest BCUT2D eigenvalue weighted by Gasteiger charge is 2.20. The Kier molecular flexibility index (Phi) is 7.85. The molecule has 0 atom stereocenters. The van der Waals surface area contributed by atoms with E-state index in [1.54, 1.807) is 6.20 Å². The van der Waals surface area contributed by atoms with Crippen molar-refractivity contribution in [2.24, 2.45) is 0 Å². The first-order chi connectivity index (χ1) is 26.8. The number of hydrogen-bond acceptors (Lipinski definition) is 4. The summed E-state index contributed by atoms with van der Waals surface area (Å²) in [5, 5.41) is 8.58. The molecule has 0 bridgehead atoms. The zero-order valence-electron chi connectivity index (χ0n) is 29.4. The van der Waals surface area contributed by atoms with Crippen molar-refractivity contribution in [3.05, 3.63) is 193 Å². The van der Waals surface area contributed by atoms with E-state index in [0.717, 1.165) is 51.3 Å². The fraction of sp³-hybridized carbons (Fsp3) is 0.0200. The first-order valence-corrected chi connectivity index (χ1v) is 18.3. The van der Waals surface area contributed by atoms with Crippen molar-refractivity contribution in [2.45, 2.75) is 0 Å². The van der Waals surface area contributed by atoms with Crippen molar-refractivity contribution >= 4 is 38.9 Å². The Morgan fingerprint density at radius 1 is 0.426 bits per heavy atom. The zero-order chi connectivity index (χ0) is 35.8. The lowest BCUT2D eigenvalue weighted by Crippen LogP contribution is -2.10. The Hall–Kier alpha value is -7.17. The van der Waals surface area contributed by atoms with Gasteiger partial charge >= 0.3 is 0 Å². The molecule has 4 heteroatoms. The highest BCUT2D eigenvalue weighted by atomic mass is 14.9. The summed E-state index contributed by atoms with van der Waals surface area (Å²) in [5.41, 5.74) is 14.2. The predicted molar refractivity (Wildman–Crippen MR) is 225 cm³/mol. The quantitative estimate of drug-likeness (QED) is 0.176. The van der Waals surface area contributed by atoms with Gasteiger partial charge in [-0.1, -0.05) is 140 Å². The van der Waals surface area contributed by atoms with Crippen LogP contribution in [0, 0.1) is 0 Å². The number of aromatic nitrogens is 3. The third kappa shape index (κ3) is 5.71. The first-order valence-electron chi connectivity index (χ1n) is 18.3. The minimum atomic E-state index is 0.683. The fourth-order valence-corrected chi connectivity index (χ4v) is 7.85. The Labute approximate surface area is 314 Å². The molecule has 3 heterocycles. The van der Waals surface area contributed by atoms with E-state index in [-0.39, 0.29) is 0 Å². The normalized spacial score (nSPS) is 12.3. The van der Waals surface area contributed by atoms with Crippen LogP contribution in [0.2, 0.25) is 0 Å². The zero-order valence-corrected chi connectivity index (χ0v) is 29.4. The Morgan fingerprint density at radius 3 is 1.74 bits per heavy atom. The van der Waals surface area contributed by atoms with Crippen molar-refractivity contribution < 1.29 is 0 Å². The maximum absolute atomic E-state index is 5.25. The van der Waals surface area contributed by atoms with Crippen LogP contribution in [0.15, 0.2) is 182 Å². The molecule has 7 aromatic carbocycles. The van der Waals surface area contributed by atoms with Crippen LogP contribution in [0.5, 0.6) is 0 Å². The van der Waals surface area contributed by atoms with E-state index in [9.17, 15) is 0 Å². The lowest BCUT2D eigenvalue weighted by atomic mass is 9.84. The predicted octanol–water partition coefficient (Wildman–Crippen LogP) is 12.5. The lowest BCUT2D eigenvalue weighted by Gasteiger charge is -2.23. The standard InChI is InChI=1S/C50H34N4/c1-2-13-33(14-3-1)46-30-47(36-17-10-16-34(27-36)39-20-12-26-51-31-39)54-50(53-46)38-19-11-18-37(29-38)48-41-21-5-7-23-43(41)49(44-24-8-6-22-42(44)48)40-28-35-15-4-9-25-45(35)52-32-40/h1-31,52H,32H2. The van der Waals surface area contributed by atoms with E-state index < -0.39 is 0 Å². The summed E-state index contributed by atoms with van der Waals surface area (Å²) in [4.78, 5) is 14.8. The van der Waals surface area contributed by atoms with Crippen molar-refractivity contribution in [2.75, 3.05) is 11.9 Å². The molecule has 0 fully saturated rings. The minimum absolute atomic E-state index is 0.683. The van der Waals surface area contributed by atoms with Gasteiger partial charge in [0.2, 0.25) is 0 Å². The number of nitrogens with one attached hydrogen (secondary N) is 1. The van der Waals surface area contributed by atoms with Crippen molar-refractivity contribution in [1.29, 1.82) is 0 Å². The van der Waals surface area contributed by atoms with Crippen LogP contribution in [0.4, 0.5) is 5.69 Å². The van der Waals surface area contributed by atoms with Gasteiger partial charge in [-0.25, -0.2) is 9.97 Å². The van der Waals surface area contributed by atoms with Gasteiger partial charge in [-0.05, 0) is 91.3 Å². The lowest BCUT2D eigenvalue weighted by molar-refractivity contribution is 1.18. The van der Waals surface area contributed by atoms with Gasteiger partial charge in [-0.2, -0.15) is 0 Å². The van der Waals surface area contributed by atoms with Crippen LogP contribution < -0.4 is 5.32 Å².